The minimum Gasteiger partial charge on any atom is -0.381 e. The summed E-state index contributed by atoms with van der Waals surface area (Å²) in [4.78, 5) is 20.5. The maximum atomic E-state index is 10.6. The van der Waals surface area contributed by atoms with Gasteiger partial charge < -0.3 is 9.47 Å². The van der Waals surface area contributed by atoms with Crippen LogP contribution >= 0.6 is 0 Å². The van der Waals surface area contributed by atoms with E-state index in [9.17, 15) is 20.2 Å². The Labute approximate surface area is 182 Å². The van der Waals surface area contributed by atoms with Gasteiger partial charge in [-0.2, -0.15) is 0 Å². The van der Waals surface area contributed by atoms with Crippen LogP contribution in [-0.2, 0) is 22.3 Å². The van der Waals surface area contributed by atoms with E-state index in [4.69, 9.17) is 9.47 Å². The van der Waals surface area contributed by atoms with Gasteiger partial charge in [-0.25, -0.2) is 0 Å². The predicted molar refractivity (Wildman–Crippen MR) is 118 cm³/mol. The van der Waals surface area contributed by atoms with Gasteiger partial charge in [0.05, 0.1) is 9.85 Å². The average molecular weight is 431 g/mol. The molecule has 0 unspecified atom stereocenters. The quantitative estimate of drug-likeness (QED) is 0.204. The smallest absolute Gasteiger partial charge is 0.269 e. The molecule has 8 heteroatoms. The van der Waals surface area contributed by atoms with Crippen molar-refractivity contribution in [1.29, 1.82) is 0 Å². The fourth-order valence-corrected chi connectivity index (χ4v) is 3.11. The van der Waals surface area contributed by atoms with Crippen LogP contribution in [0.3, 0.4) is 0 Å². The molecule has 0 heterocycles. The van der Waals surface area contributed by atoms with E-state index in [2.05, 4.69) is 0 Å². The maximum absolute atomic E-state index is 10.6. The molecule has 0 saturated heterocycles. The van der Waals surface area contributed by atoms with Crippen LogP contribution in [0.5, 0.6) is 0 Å². The van der Waals surface area contributed by atoms with Crippen molar-refractivity contribution in [3.8, 4) is 0 Å². The molecule has 0 N–H and O–H groups in total. The van der Waals surface area contributed by atoms with Crippen LogP contribution in [0.15, 0.2) is 48.5 Å². The molecule has 0 aliphatic heterocycles. The molecule has 0 radical (unpaired) electrons. The highest BCUT2D eigenvalue weighted by Crippen LogP contribution is 2.14. The number of hydrogen-bond acceptors (Lipinski definition) is 6. The first-order chi connectivity index (χ1) is 15.1. The summed E-state index contributed by atoms with van der Waals surface area (Å²) in [6.45, 7) is 2.85. The van der Waals surface area contributed by atoms with Gasteiger partial charge in [-0.3, -0.25) is 20.2 Å². The number of nitro groups is 2. The Morgan fingerprint density at radius 2 is 0.903 bits per heavy atom. The molecule has 2 aromatic rings. The maximum Gasteiger partial charge on any atom is 0.269 e. The van der Waals surface area contributed by atoms with Crippen LogP contribution < -0.4 is 0 Å². The number of rotatable bonds is 16. The molecule has 0 saturated carbocycles. The molecule has 31 heavy (non-hydrogen) atoms. The number of benzene rings is 2. The van der Waals surface area contributed by atoms with Crippen LogP contribution in [0, 0.1) is 20.2 Å². The van der Waals surface area contributed by atoms with Crippen LogP contribution in [0.25, 0.3) is 0 Å². The Morgan fingerprint density at radius 3 is 1.26 bits per heavy atom. The van der Waals surface area contributed by atoms with E-state index in [0.29, 0.717) is 13.2 Å². The number of nitrogens with zero attached hydrogens (tertiary/aromatic N) is 2. The molecule has 0 fully saturated rings. The molecule has 168 valence electrons. The van der Waals surface area contributed by atoms with E-state index in [0.717, 1.165) is 69.3 Å². The Kier molecular flexibility index (Phi) is 11.2. The highest BCUT2D eigenvalue weighted by molar-refractivity contribution is 5.33. The number of unbranched alkanes of at least 4 members (excludes halogenated alkanes) is 2. The molecule has 0 spiro atoms. The lowest BCUT2D eigenvalue weighted by Gasteiger charge is -2.06. The van der Waals surface area contributed by atoms with Crippen molar-refractivity contribution in [3.05, 3.63) is 79.9 Å². The number of ether oxygens (including phenoxy) is 2. The van der Waals surface area contributed by atoms with Crippen LogP contribution in [0.1, 0.15) is 43.2 Å². The topological polar surface area (TPSA) is 105 Å². The van der Waals surface area contributed by atoms with E-state index in [1.807, 2.05) is 0 Å². The first-order valence-electron chi connectivity index (χ1n) is 10.7. The number of nitro benzene ring substituents is 2. The van der Waals surface area contributed by atoms with E-state index < -0.39 is 0 Å². The van der Waals surface area contributed by atoms with Crippen molar-refractivity contribution in [2.24, 2.45) is 0 Å². The summed E-state index contributed by atoms with van der Waals surface area (Å²) in [7, 11) is 0. The average Bonchev–Trinajstić information content (AvgIpc) is 2.77. The van der Waals surface area contributed by atoms with Gasteiger partial charge in [-0.1, -0.05) is 24.3 Å². The summed E-state index contributed by atoms with van der Waals surface area (Å²) < 4.78 is 11.3. The molecule has 0 atom stereocenters. The summed E-state index contributed by atoms with van der Waals surface area (Å²) in [5.74, 6) is 0. The van der Waals surface area contributed by atoms with Crippen molar-refractivity contribution in [3.63, 3.8) is 0 Å². The molecule has 0 amide bonds. The summed E-state index contributed by atoms with van der Waals surface area (Å²) in [6, 6.07) is 13.3. The van der Waals surface area contributed by atoms with Gasteiger partial charge in [0.25, 0.3) is 11.4 Å². The Hall–Kier alpha value is -2.84. The van der Waals surface area contributed by atoms with Crippen LogP contribution in [-0.4, -0.2) is 36.3 Å². The van der Waals surface area contributed by atoms with E-state index >= 15 is 0 Å². The number of hydrogen-bond donors (Lipinski definition) is 0. The second-order valence-electron chi connectivity index (χ2n) is 7.34. The van der Waals surface area contributed by atoms with Crippen LogP contribution in [0.4, 0.5) is 11.4 Å². The fraction of sp³-hybridized carbons (Fsp3) is 0.478. The van der Waals surface area contributed by atoms with Gasteiger partial charge in [0, 0.05) is 50.7 Å². The number of aryl methyl sites for hydroxylation is 2. The first kappa shape index (κ1) is 24.4. The zero-order valence-corrected chi connectivity index (χ0v) is 17.7. The van der Waals surface area contributed by atoms with Crippen molar-refractivity contribution in [1.82, 2.24) is 0 Å². The molecule has 2 rings (SSSR count). The Morgan fingerprint density at radius 1 is 0.548 bits per heavy atom. The van der Waals surface area contributed by atoms with Gasteiger partial charge in [0.2, 0.25) is 0 Å². The predicted octanol–water partition coefficient (Wildman–Crippen LogP) is 5.27. The van der Waals surface area contributed by atoms with Crippen molar-refractivity contribution >= 4 is 11.4 Å². The lowest BCUT2D eigenvalue weighted by Crippen LogP contribution is -2.01. The van der Waals surface area contributed by atoms with Crippen LogP contribution in [0.2, 0.25) is 0 Å². The Bertz CT molecular complexity index is 725. The van der Waals surface area contributed by atoms with Gasteiger partial charge in [-0.15, -0.1) is 0 Å². The third-order valence-electron chi connectivity index (χ3n) is 4.88. The minimum atomic E-state index is -0.389. The lowest BCUT2D eigenvalue weighted by molar-refractivity contribution is -0.385. The molecule has 0 aliphatic carbocycles. The lowest BCUT2D eigenvalue weighted by atomic mass is 10.1. The Balaban J connectivity index is 1.37. The van der Waals surface area contributed by atoms with Gasteiger partial charge in [0.1, 0.15) is 0 Å². The van der Waals surface area contributed by atoms with E-state index in [-0.39, 0.29) is 21.2 Å². The molecular formula is C23H30N2O6. The minimum absolute atomic E-state index is 0.119. The monoisotopic (exact) mass is 430 g/mol. The van der Waals surface area contributed by atoms with Gasteiger partial charge in [0.15, 0.2) is 0 Å². The summed E-state index contributed by atoms with van der Waals surface area (Å²) in [5, 5.41) is 21.3. The molecule has 8 nitrogen and oxygen atoms in total. The molecular weight excluding hydrogens is 400 g/mol. The zero-order valence-electron chi connectivity index (χ0n) is 17.7. The first-order valence-corrected chi connectivity index (χ1v) is 10.7. The molecule has 0 aliphatic rings. The van der Waals surface area contributed by atoms with Crippen molar-refractivity contribution in [2.75, 3.05) is 26.4 Å². The third-order valence-corrected chi connectivity index (χ3v) is 4.88. The second kappa shape index (κ2) is 14.2. The standard InChI is InChI=1S/C23H30N2O6/c26-24(27)22-12-8-20(9-13-22)6-4-18-30-16-2-1-3-17-31-19-5-7-21-10-14-23(15-11-21)25(28)29/h8-15H,1-7,16-19H2. The van der Waals surface area contributed by atoms with E-state index in [1.165, 1.54) is 24.3 Å². The second-order valence-corrected chi connectivity index (χ2v) is 7.34. The summed E-state index contributed by atoms with van der Waals surface area (Å²) in [6.07, 6.45) is 6.57. The normalized spacial score (nSPS) is 10.8. The van der Waals surface area contributed by atoms with Crippen molar-refractivity contribution in [2.45, 2.75) is 44.9 Å². The largest absolute Gasteiger partial charge is 0.381 e. The van der Waals surface area contributed by atoms with Gasteiger partial charge in [-0.05, 0) is 56.1 Å². The molecule has 0 bridgehead atoms. The van der Waals surface area contributed by atoms with Gasteiger partial charge >= 0.3 is 0 Å². The fourth-order valence-electron chi connectivity index (χ4n) is 3.11. The zero-order chi connectivity index (χ0) is 22.3. The third kappa shape index (κ3) is 10.1. The summed E-state index contributed by atoms with van der Waals surface area (Å²) in [5.41, 5.74) is 2.40. The van der Waals surface area contributed by atoms with Crippen molar-refractivity contribution < 1.29 is 19.3 Å². The van der Waals surface area contributed by atoms with E-state index in [1.54, 1.807) is 24.3 Å². The highest BCUT2D eigenvalue weighted by Gasteiger charge is 2.04. The molecule has 0 aromatic heterocycles. The SMILES string of the molecule is O=[N+]([O-])c1ccc(CCCOCCCCCOCCCc2ccc([N+](=O)[O-])cc2)cc1. The summed E-state index contributed by atoms with van der Waals surface area (Å²) >= 11 is 0. The number of non-ortho nitro benzene ring substituents is 2. The molecule has 2 aromatic carbocycles. The highest BCUT2D eigenvalue weighted by atomic mass is 16.6.